The summed E-state index contributed by atoms with van der Waals surface area (Å²) in [5.41, 5.74) is 1.46. The van der Waals surface area contributed by atoms with Crippen LogP contribution in [0.3, 0.4) is 0 Å². The molecule has 2 aromatic rings. The van der Waals surface area contributed by atoms with Crippen molar-refractivity contribution in [3.63, 3.8) is 0 Å². The molecule has 5 heteroatoms. The number of aromatic nitrogens is 3. The van der Waals surface area contributed by atoms with Gasteiger partial charge >= 0.3 is 0 Å². The van der Waals surface area contributed by atoms with Gasteiger partial charge in [-0.2, -0.15) is 0 Å². The molecule has 0 atom stereocenters. The van der Waals surface area contributed by atoms with Gasteiger partial charge in [-0.3, -0.25) is 4.98 Å². The van der Waals surface area contributed by atoms with Gasteiger partial charge in [0.2, 0.25) is 0 Å². The highest BCUT2D eigenvalue weighted by atomic mass is 16.5. The summed E-state index contributed by atoms with van der Waals surface area (Å²) < 4.78 is 5.49. The monoisotopic (exact) mass is 246 g/mol. The number of ether oxygens (including phenoxy) is 1. The summed E-state index contributed by atoms with van der Waals surface area (Å²) in [6.45, 7) is 6.48. The standard InChI is InChI=1S/C13H18N4O/c1-10(2)9-18-8-7-15-12-4-3-11-13(17-12)16-6-5-14-11/h3-6,10H,7-9H2,1-2H3,(H,15,16,17). The van der Waals surface area contributed by atoms with E-state index in [-0.39, 0.29) is 0 Å². The van der Waals surface area contributed by atoms with Gasteiger partial charge < -0.3 is 10.1 Å². The molecule has 96 valence electrons. The van der Waals surface area contributed by atoms with Crippen LogP contribution in [0.2, 0.25) is 0 Å². The van der Waals surface area contributed by atoms with Crippen molar-refractivity contribution in [1.82, 2.24) is 15.0 Å². The van der Waals surface area contributed by atoms with Crippen molar-refractivity contribution < 1.29 is 4.74 Å². The molecule has 2 rings (SSSR count). The van der Waals surface area contributed by atoms with E-state index in [1.807, 2.05) is 12.1 Å². The molecular weight excluding hydrogens is 228 g/mol. The summed E-state index contributed by atoms with van der Waals surface area (Å²) in [6.07, 6.45) is 3.31. The zero-order chi connectivity index (χ0) is 12.8. The SMILES string of the molecule is CC(C)COCCNc1ccc2nccnc2n1. The number of rotatable bonds is 6. The van der Waals surface area contributed by atoms with Crippen LogP contribution in [0.15, 0.2) is 24.5 Å². The van der Waals surface area contributed by atoms with Gasteiger partial charge in [-0.25, -0.2) is 9.97 Å². The quantitative estimate of drug-likeness (QED) is 0.791. The van der Waals surface area contributed by atoms with Gasteiger partial charge in [-0.1, -0.05) is 13.8 Å². The van der Waals surface area contributed by atoms with Crippen molar-refractivity contribution in [3.05, 3.63) is 24.5 Å². The van der Waals surface area contributed by atoms with E-state index < -0.39 is 0 Å². The van der Waals surface area contributed by atoms with Gasteiger partial charge in [-0.05, 0) is 18.1 Å². The van der Waals surface area contributed by atoms with Gasteiger partial charge in [0.05, 0.1) is 6.61 Å². The Labute approximate surface area is 107 Å². The fraction of sp³-hybridized carbons (Fsp3) is 0.462. The van der Waals surface area contributed by atoms with Crippen LogP contribution in [0.5, 0.6) is 0 Å². The Kier molecular flexibility index (Phi) is 4.41. The Morgan fingerprint density at radius 2 is 2.06 bits per heavy atom. The highest BCUT2D eigenvalue weighted by molar-refractivity contribution is 5.71. The van der Waals surface area contributed by atoms with E-state index in [0.29, 0.717) is 18.2 Å². The van der Waals surface area contributed by atoms with E-state index in [4.69, 9.17) is 4.74 Å². The maximum atomic E-state index is 5.49. The lowest BCUT2D eigenvalue weighted by Crippen LogP contribution is -2.12. The molecule has 0 spiro atoms. The van der Waals surface area contributed by atoms with E-state index in [1.54, 1.807) is 12.4 Å². The smallest absolute Gasteiger partial charge is 0.180 e. The molecule has 2 aromatic heterocycles. The zero-order valence-electron chi connectivity index (χ0n) is 10.8. The van der Waals surface area contributed by atoms with Crippen molar-refractivity contribution in [2.45, 2.75) is 13.8 Å². The molecule has 0 saturated heterocycles. The van der Waals surface area contributed by atoms with Crippen molar-refractivity contribution in [1.29, 1.82) is 0 Å². The van der Waals surface area contributed by atoms with E-state index in [0.717, 1.165) is 24.5 Å². The summed E-state index contributed by atoms with van der Waals surface area (Å²) in [4.78, 5) is 12.7. The second-order valence-corrected chi connectivity index (χ2v) is 4.49. The fourth-order valence-corrected chi connectivity index (χ4v) is 1.52. The van der Waals surface area contributed by atoms with Crippen molar-refractivity contribution in [3.8, 4) is 0 Å². The molecule has 0 aliphatic carbocycles. The first-order valence-electron chi connectivity index (χ1n) is 6.15. The minimum atomic E-state index is 0.569. The van der Waals surface area contributed by atoms with Gasteiger partial charge in [0.25, 0.3) is 0 Å². The van der Waals surface area contributed by atoms with Crippen LogP contribution in [-0.4, -0.2) is 34.7 Å². The second kappa shape index (κ2) is 6.26. The normalized spacial score (nSPS) is 11.1. The van der Waals surface area contributed by atoms with Crippen molar-refractivity contribution in [2.24, 2.45) is 5.92 Å². The minimum absolute atomic E-state index is 0.569. The third-order valence-corrected chi connectivity index (χ3v) is 2.34. The van der Waals surface area contributed by atoms with E-state index >= 15 is 0 Å². The van der Waals surface area contributed by atoms with Gasteiger partial charge in [0.15, 0.2) is 5.65 Å². The first-order valence-corrected chi connectivity index (χ1v) is 6.15. The first kappa shape index (κ1) is 12.7. The molecule has 1 N–H and O–H groups in total. The Bertz CT molecular complexity index is 501. The zero-order valence-corrected chi connectivity index (χ0v) is 10.8. The van der Waals surface area contributed by atoms with Crippen LogP contribution in [0.25, 0.3) is 11.2 Å². The van der Waals surface area contributed by atoms with E-state index in [2.05, 4.69) is 34.1 Å². The minimum Gasteiger partial charge on any atom is -0.379 e. The molecular formula is C13H18N4O. The summed E-state index contributed by atoms with van der Waals surface area (Å²) in [7, 11) is 0. The number of fused-ring (bicyclic) bond motifs is 1. The lowest BCUT2D eigenvalue weighted by Gasteiger charge is -2.08. The van der Waals surface area contributed by atoms with Crippen LogP contribution < -0.4 is 5.32 Å². The molecule has 0 bridgehead atoms. The maximum absolute atomic E-state index is 5.49. The van der Waals surface area contributed by atoms with Crippen LogP contribution in [-0.2, 0) is 4.74 Å². The number of hydrogen-bond acceptors (Lipinski definition) is 5. The predicted molar refractivity (Wildman–Crippen MR) is 71.5 cm³/mol. The number of pyridine rings is 1. The second-order valence-electron chi connectivity index (χ2n) is 4.49. The molecule has 0 fully saturated rings. The number of nitrogens with one attached hydrogen (secondary N) is 1. The molecule has 0 unspecified atom stereocenters. The molecule has 0 saturated carbocycles. The summed E-state index contributed by atoms with van der Waals surface area (Å²) >= 11 is 0. The average molecular weight is 246 g/mol. The molecule has 18 heavy (non-hydrogen) atoms. The number of nitrogens with zero attached hydrogens (tertiary/aromatic N) is 3. The van der Waals surface area contributed by atoms with Crippen LogP contribution in [0, 0.1) is 5.92 Å². The highest BCUT2D eigenvalue weighted by Gasteiger charge is 1.99. The Morgan fingerprint density at radius 1 is 1.22 bits per heavy atom. The van der Waals surface area contributed by atoms with Crippen LogP contribution in [0.4, 0.5) is 5.82 Å². The number of anilines is 1. The largest absolute Gasteiger partial charge is 0.379 e. The van der Waals surface area contributed by atoms with Gasteiger partial charge in [-0.15, -0.1) is 0 Å². The third kappa shape index (κ3) is 3.63. The van der Waals surface area contributed by atoms with Crippen molar-refractivity contribution in [2.75, 3.05) is 25.1 Å². The Balaban J connectivity index is 1.84. The van der Waals surface area contributed by atoms with Crippen LogP contribution >= 0.6 is 0 Å². The summed E-state index contributed by atoms with van der Waals surface area (Å²) in [5.74, 6) is 1.37. The molecule has 0 aliphatic rings. The van der Waals surface area contributed by atoms with Gasteiger partial charge in [0.1, 0.15) is 11.3 Å². The predicted octanol–water partition coefficient (Wildman–Crippen LogP) is 2.11. The third-order valence-electron chi connectivity index (χ3n) is 2.34. The Hall–Kier alpha value is -1.75. The Morgan fingerprint density at radius 3 is 2.89 bits per heavy atom. The average Bonchev–Trinajstić information content (AvgIpc) is 2.38. The first-order chi connectivity index (χ1) is 8.75. The molecule has 0 aromatic carbocycles. The van der Waals surface area contributed by atoms with Gasteiger partial charge in [0, 0.05) is 25.5 Å². The summed E-state index contributed by atoms with van der Waals surface area (Å²) in [5, 5.41) is 3.21. The molecule has 5 nitrogen and oxygen atoms in total. The fourth-order valence-electron chi connectivity index (χ4n) is 1.52. The topological polar surface area (TPSA) is 59.9 Å². The van der Waals surface area contributed by atoms with E-state index in [1.165, 1.54) is 0 Å². The molecule has 0 aliphatic heterocycles. The van der Waals surface area contributed by atoms with E-state index in [9.17, 15) is 0 Å². The molecule has 2 heterocycles. The highest BCUT2D eigenvalue weighted by Crippen LogP contribution is 2.09. The lowest BCUT2D eigenvalue weighted by atomic mass is 10.2. The molecule has 0 amide bonds. The maximum Gasteiger partial charge on any atom is 0.180 e. The van der Waals surface area contributed by atoms with Crippen molar-refractivity contribution >= 4 is 17.0 Å². The number of hydrogen-bond donors (Lipinski definition) is 1. The molecule has 0 radical (unpaired) electrons. The summed E-state index contributed by atoms with van der Waals surface area (Å²) in [6, 6.07) is 3.81. The van der Waals surface area contributed by atoms with Crippen LogP contribution in [0.1, 0.15) is 13.8 Å². The lowest BCUT2D eigenvalue weighted by molar-refractivity contribution is 0.118.